The number of aryl methyl sites for hydroxylation is 1. The zero-order chi connectivity index (χ0) is 11.3. The molecular formula is C10H10N2O3. The van der Waals surface area contributed by atoms with Gasteiger partial charge < -0.3 is 4.74 Å². The molecule has 0 amide bonds. The Morgan fingerprint density at radius 1 is 1.67 bits per heavy atom. The first-order valence-electron chi connectivity index (χ1n) is 4.28. The summed E-state index contributed by atoms with van der Waals surface area (Å²) in [6.07, 6.45) is 1.52. The Bertz CT molecular complexity index is 432. The number of ether oxygens (including phenoxy) is 1. The van der Waals surface area contributed by atoms with Crippen molar-refractivity contribution in [2.45, 2.75) is 13.8 Å². The number of nitro groups is 1. The molecule has 0 saturated carbocycles. The van der Waals surface area contributed by atoms with Crippen LogP contribution < -0.4 is 4.74 Å². The fraction of sp³-hybridized carbons (Fsp3) is 0.300. The predicted octanol–water partition coefficient (Wildman–Crippen LogP) is 1.70. The van der Waals surface area contributed by atoms with Crippen molar-refractivity contribution in [1.82, 2.24) is 4.98 Å². The second-order valence-corrected chi connectivity index (χ2v) is 2.81. The highest BCUT2D eigenvalue weighted by Gasteiger charge is 2.16. The van der Waals surface area contributed by atoms with Crippen LogP contribution in [-0.2, 0) is 0 Å². The van der Waals surface area contributed by atoms with Crippen LogP contribution in [0.5, 0.6) is 5.88 Å². The minimum absolute atomic E-state index is 0.00773. The van der Waals surface area contributed by atoms with Crippen LogP contribution >= 0.6 is 0 Å². The summed E-state index contributed by atoms with van der Waals surface area (Å²) in [7, 11) is 0. The Balaban J connectivity index is 2.94. The Morgan fingerprint density at radius 2 is 2.40 bits per heavy atom. The van der Waals surface area contributed by atoms with Crippen LogP contribution in [-0.4, -0.2) is 16.5 Å². The third-order valence-electron chi connectivity index (χ3n) is 1.62. The SMILES string of the molecule is CC#CCOc1ncc(C)cc1[N+](=O)[O-]. The molecule has 0 aliphatic rings. The van der Waals surface area contributed by atoms with Crippen LogP contribution in [0.3, 0.4) is 0 Å². The molecule has 5 heteroatoms. The number of hydrogen-bond donors (Lipinski definition) is 0. The average molecular weight is 206 g/mol. The van der Waals surface area contributed by atoms with E-state index in [1.54, 1.807) is 13.8 Å². The van der Waals surface area contributed by atoms with Crippen LogP contribution in [0, 0.1) is 28.9 Å². The quantitative estimate of drug-likeness (QED) is 0.429. The van der Waals surface area contributed by atoms with Gasteiger partial charge in [-0.1, -0.05) is 5.92 Å². The Labute approximate surface area is 87.2 Å². The topological polar surface area (TPSA) is 65.3 Å². The standard InChI is InChI=1S/C10H10N2O3/c1-3-4-5-15-10-9(12(13)14)6-8(2)7-11-10/h6-7H,5H2,1-2H3. The lowest BCUT2D eigenvalue weighted by atomic mass is 10.3. The second kappa shape index (κ2) is 4.96. The summed E-state index contributed by atoms with van der Waals surface area (Å²) in [5.41, 5.74) is 0.587. The first kappa shape index (κ1) is 11.0. The van der Waals surface area contributed by atoms with E-state index >= 15 is 0 Å². The van der Waals surface area contributed by atoms with Crippen molar-refractivity contribution < 1.29 is 9.66 Å². The number of aromatic nitrogens is 1. The van der Waals surface area contributed by atoms with Gasteiger partial charge in [-0.25, -0.2) is 4.98 Å². The van der Waals surface area contributed by atoms with Gasteiger partial charge in [-0.3, -0.25) is 10.1 Å². The van der Waals surface area contributed by atoms with E-state index in [1.807, 2.05) is 0 Å². The first-order chi connectivity index (χ1) is 7.15. The second-order valence-electron chi connectivity index (χ2n) is 2.81. The molecular weight excluding hydrogens is 196 g/mol. The van der Waals surface area contributed by atoms with E-state index in [4.69, 9.17) is 4.74 Å². The van der Waals surface area contributed by atoms with Gasteiger partial charge in [-0.05, 0) is 19.4 Å². The molecule has 0 saturated heterocycles. The van der Waals surface area contributed by atoms with Crippen molar-refractivity contribution in [3.05, 3.63) is 27.9 Å². The van der Waals surface area contributed by atoms with Gasteiger partial charge >= 0.3 is 5.69 Å². The molecule has 1 heterocycles. The third kappa shape index (κ3) is 2.95. The minimum atomic E-state index is -0.519. The Morgan fingerprint density at radius 3 is 3.00 bits per heavy atom. The van der Waals surface area contributed by atoms with Crippen LogP contribution in [0.15, 0.2) is 12.3 Å². The van der Waals surface area contributed by atoms with Gasteiger partial charge in [0.05, 0.1) is 4.92 Å². The molecule has 0 aromatic carbocycles. The lowest BCUT2D eigenvalue weighted by Gasteiger charge is -2.02. The van der Waals surface area contributed by atoms with E-state index in [1.165, 1.54) is 12.3 Å². The molecule has 0 fully saturated rings. The molecule has 1 aromatic rings. The molecule has 0 radical (unpaired) electrons. The van der Waals surface area contributed by atoms with Crippen molar-refractivity contribution in [2.75, 3.05) is 6.61 Å². The van der Waals surface area contributed by atoms with Crippen molar-refractivity contribution in [1.29, 1.82) is 0 Å². The van der Waals surface area contributed by atoms with Gasteiger partial charge in [-0.15, -0.1) is 5.92 Å². The fourth-order valence-electron chi connectivity index (χ4n) is 0.960. The van der Waals surface area contributed by atoms with Gasteiger partial charge in [0.25, 0.3) is 5.88 Å². The molecule has 1 aromatic heterocycles. The maximum Gasteiger partial charge on any atom is 0.331 e. The van der Waals surface area contributed by atoms with E-state index in [0.29, 0.717) is 0 Å². The lowest BCUT2D eigenvalue weighted by molar-refractivity contribution is -0.386. The molecule has 15 heavy (non-hydrogen) atoms. The summed E-state index contributed by atoms with van der Waals surface area (Å²) in [5, 5.41) is 10.7. The van der Waals surface area contributed by atoms with Crippen LogP contribution in [0.2, 0.25) is 0 Å². The molecule has 0 N–H and O–H groups in total. The number of nitrogens with zero attached hydrogens (tertiary/aromatic N) is 2. The fourth-order valence-corrected chi connectivity index (χ4v) is 0.960. The van der Waals surface area contributed by atoms with Crippen LogP contribution in [0.25, 0.3) is 0 Å². The molecule has 0 unspecified atom stereocenters. The van der Waals surface area contributed by atoms with Crippen molar-refractivity contribution in [3.63, 3.8) is 0 Å². The number of rotatable bonds is 3. The van der Waals surface area contributed by atoms with Gasteiger partial charge in [0.15, 0.2) is 6.61 Å². The summed E-state index contributed by atoms with van der Waals surface area (Å²) < 4.78 is 5.07. The minimum Gasteiger partial charge on any atom is -0.460 e. The zero-order valence-electron chi connectivity index (χ0n) is 8.48. The van der Waals surface area contributed by atoms with E-state index in [2.05, 4.69) is 16.8 Å². The van der Waals surface area contributed by atoms with E-state index in [-0.39, 0.29) is 18.2 Å². The van der Waals surface area contributed by atoms with Crippen LogP contribution in [0.1, 0.15) is 12.5 Å². The highest BCUT2D eigenvalue weighted by molar-refractivity contribution is 5.42. The smallest absolute Gasteiger partial charge is 0.331 e. The van der Waals surface area contributed by atoms with Crippen molar-refractivity contribution >= 4 is 5.69 Å². The first-order valence-corrected chi connectivity index (χ1v) is 4.28. The molecule has 0 aliphatic carbocycles. The van der Waals surface area contributed by atoms with E-state index < -0.39 is 4.92 Å². The molecule has 0 bridgehead atoms. The number of hydrogen-bond acceptors (Lipinski definition) is 4. The zero-order valence-corrected chi connectivity index (χ0v) is 8.48. The largest absolute Gasteiger partial charge is 0.460 e. The predicted molar refractivity (Wildman–Crippen MR) is 54.6 cm³/mol. The third-order valence-corrected chi connectivity index (χ3v) is 1.62. The van der Waals surface area contributed by atoms with E-state index in [0.717, 1.165) is 5.56 Å². The summed E-state index contributed by atoms with van der Waals surface area (Å²) in [5.74, 6) is 5.28. The Hall–Kier alpha value is -2.09. The summed E-state index contributed by atoms with van der Waals surface area (Å²) in [6.45, 7) is 3.50. The van der Waals surface area contributed by atoms with Gasteiger partial charge in [0, 0.05) is 12.3 Å². The highest BCUT2D eigenvalue weighted by Crippen LogP contribution is 2.24. The Kier molecular flexibility index (Phi) is 3.63. The number of pyridine rings is 1. The maximum atomic E-state index is 10.7. The molecule has 0 atom stereocenters. The van der Waals surface area contributed by atoms with Gasteiger partial charge in [-0.2, -0.15) is 0 Å². The van der Waals surface area contributed by atoms with Crippen LogP contribution in [0.4, 0.5) is 5.69 Å². The summed E-state index contributed by atoms with van der Waals surface area (Å²) in [6, 6.07) is 1.42. The van der Waals surface area contributed by atoms with Gasteiger partial charge in [0.2, 0.25) is 0 Å². The normalized spacial score (nSPS) is 8.93. The summed E-state index contributed by atoms with van der Waals surface area (Å²) >= 11 is 0. The lowest BCUT2D eigenvalue weighted by Crippen LogP contribution is -2.01. The summed E-state index contributed by atoms with van der Waals surface area (Å²) in [4.78, 5) is 14.0. The molecule has 0 aliphatic heterocycles. The molecule has 5 nitrogen and oxygen atoms in total. The molecule has 78 valence electrons. The molecule has 1 rings (SSSR count). The van der Waals surface area contributed by atoms with Crippen molar-refractivity contribution in [3.8, 4) is 17.7 Å². The average Bonchev–Trinajstić information content (AvgIpc) is 2.20. The highest BCUT2D eigenvalue weighted by atomic mass is 16.6. The maximum absolute atomic E-state index is 10.7. The van der Waals surface area contributed by atoms with E-state index in [9.17, 15) is 10.1 Å². The molecule has 0 spiro atoms. The van der Waals surface area contributed by atoms with Gasteiger partial charge in [0.1, 0.15) is 0 Å². The monoisotopic (exact) mass is 206 g/mol. The van der Waals surface area contributed by atoms with Crippen molar-refractivity contribution in [2.24, 2.45) is 0 Å².